The van der Waals surface area contributed by atoms with Crippen LogP contribution in [0, 0.1) is 16.2 Å². The number of aromatic nitrogens is 3. The van der Waals surface area contributed by atoms with E-state index in [1.54, 1.807) is 12.1 Å². The lowest BCUT2D eigenvalue weighted by atomic mass is 9.74. The summed E-state index contributed by atoms with van der Waals surface area (Å²) in [6, 6.07) is 7.41. The van der Waals surface area contributed by atoms with Crippen LogP contribution in [-0.2, 0) is 55.8 Å². The highest BCUT2D eigenvalue weighted by molar-refractivity contribution is 7.10. The smallest absolute Gasteiger partial charge is 0.324 e. The van der Waals surface area contributed by atoms with Crippen LogP contribution < -0.4 is 10.7 Å². The number of ether oxygens (including phenoxy) is 6. The van der Waals surface area contributed by atoms with E-state index in [9.17, 15) is 9.59 Å². The monoisotopic (exact) mass is 1120 g/mol. The number of amides is 2. The van der Waals surface area contributed by atoms with Crippen molar-refractivity contribution in [1.29, 1.82) is 0 Å². The minimum Gasteiger partial charge on any atom is -0.464 e. The van der Waals surface area contributed by atoms with Crippen molar-refractivity contribution in [2.75, 3.05) is 79.5 Å². The fraction of sp³-hybridized carbons (Fsp3) is 0.694. The van der Waals surface area contributed by atoms with Crippen molar-refractivity contribution in [3.05, 3.63) is 57.7 Å². The zero-order valence-corrected chi connectivity index (χ0v) is 49.4. The number of esters is 1. The zero-order valence-electron chi connectivity index (χ0n) is 48.6. The average Bonchev–Trinajstić information content (AvgIpc) is 4.21. The number of benzene rings is 1. The number of likely N-dealkylation sites (tertiary alicyclic amines) is 2. The quantitative estimate of drug-likeness (QED) is 0.129. The van der Waals surface area contributed by atoms with E-state index in [1.807, 2.05) is 13.8 Å². The Balaban J connectivity index is 1.00. The molecule has 4 aromatic rings. The van der Waals surface area contributed by atoms with Gasteiger partial charge in [-0.25, -0.2) is 10.4 Å². The molecule has 3 aromatic heterocycles. The van der Waals surface area contributed by atoms with Crippen molar-refractivity contribution in [1.82, 2.24) is 40.1 Å². The minimum atomic E-state index is -1.05. The van der Waals surface area contributed by atoms with E-state index in [4.69, 9.17) is 38.4 Å². The number of carbonyl (C=O) groups is 3. The highest BCUT2D eigenvalue weighted by atomic mass is 32.1. The number of hydrazine groups is 1. The summed E-state index contributed by atoms with van der Waals surface area (Å²) in [7, 11) is 1.76. The average molecular weight is 1120 g/mol. The molecule has 18 heteroatoms. The second-order valence-corrected chi connectivity index (χ2v) is 27.8. The molecule has 8 aliphatic rings. The lowest BCUT2D eigenvalue weighted by Crippen LogP contribution is -2.68. The third kappa shape index (κ3) is 11.4. The predicted octanol–water partition coefficient (Wildman–Crippen LogP) is 8.53. The number of cyclic esters (lactones) is 1. The Morgan fingerprint density at radius 1 is 0.950 bits per heavy atom. The summed E-state index contributed by atoms with van der Waals surface area (Å²) in [4.78, 5) is 60.2. The molecule has 2 amide bonds. The third-order valence-electron chi connectivity index (χ3n) is 18.9. The highest BCUT2D eigenvalue weighted by Gasteiger charge is 2.53. The Kier molecular flexibility index (Phi) is 15.7. The van der Waals surface area contributed by atoms with Gasteiger partial charge in [0, 0.05) is 109 Å². The van der Waals surface area contributed by atoms with Crippen molar-refractivity contribution < 1.29 is 42.8 Å². The van der Waals surface area contributed by atoms with Crippen molar-refractivity contribution >= 4 is 40.0 Å². The Hall–Kier alpha value is -4.37. The van der Waals surface area contributed by atoms with E-state index in [2.05, 4.69) is 95.6 Å². The topological polar surface area (TPSA) is 171 Å². The summed E-state index contributed by atoms with van der Waals surface area (Å²) in [5.41, 5.74) is 10.2. The Morgan fingerprint density at radius 3 is 2.48 bits per heavy atom. The third-order valence-corrected chi connectivity index (χ3v) is 19.8. The van der Waals surface area contributed by atoms with Crippen LogP contribution in [0.25, 0.3) is 33.4 Å². The van der Waals surface area contributed by atoms with E-state index in [-0.39, 0.29) is 41.6 Å². The molecule has 6 saturated heterocycles. The number of thiazole rings is 1. The number of fused-ring (bicyclic) bond motifs is 6. The SMILES string of the molecule is CO[C@@H](C)c1ncc(C2CCN(C3CC3)CC2)cc1-c1c2c3cc(ccc3n1CCO[C@H]1CCOC(C)(C)C1)-c1csc(n1)[C@@H](N1CC3(CCCOC3)C1)[C@H](NC(=O)[C@@H]1OCC1(C)C)C(=O)N1CCC[C@H](N1)C(=O)OCC(C)(C)C2. The molecule has 2 N–H and O–H groups in total. The van der Waals surface area contributed by atoms with Gasteiger partial charge in [-0.05, 0) is 133 Å². The van der Waals surface area contributed by atoms with Crippen LogP contribution in [0.2, 0.25) is 0 Å². The fourth-order valence-corrected chi connectivity index (χ4v) is 15.2. The number of hydrogen-bond acceptors (Lipinski definition) is 15. The second kappa shape index (κ2) is 22.3. The molecule has 0 unspecified atom stereocenters. The van der Waals surface area contributed by atoms with Crippen molar-refractivity contribution in [2.45, 2.75) is 180 Å². The lowest BCUT2D eigenvalue weighted by Gasteiger charge is -2.55. The minimum absolute atomic E-state index is 0.0462. The number of nitrogens with zero attached hydrogens (tertiary/aromatic N) is 6. The van der Waals surface area contributed by atoms with Gasteiger partial charge in [0.1, 0.15) is 23.2 Å². The van der Waals surface area contributed by atoms with E-state index < -0.39 is 41.0 Å². The van der Waals surface area contributed by atoms with Crippen LogP contribution in [0.3, 0.4) is 0 Å². The molecule has 7 aliphatic heterocycles. The van der Waals surface area contributed by atoms with E-state index in [1.165, 1.54) is 29.7 Å². The molecule has 6 bridgehead atoms. The summed E-state index contributed by atoms with van der Waals surface area (Å²) in [6.45, 7) is 22.4. The first kappa shape index (κ1) is 56.1. The van der Waals surface area contributed by atoms with Gasteiger partial charge in [-0.1, -0.05) is 33.8 Å². The molecule has 1 saturated carbocycles. The fourth-order valence-electron chi connectivity index (χ4n) is 14.2. The van der Waals surface area contributed by atoms with Gasteiger partial charge in [-0.3, -0.25) is 29.3 Å². The van der Waals surface area contributed by atoms with Crippen molar-refractivity contribution in [2.24, 2.45) is 16.2 Å². The summed E-state index contributed by atoms with van der Waals surface area (Å²) in [5.74, 6) is -0.696. The maximum absolute atomic E-state index is 15.4. The maximum atomic E-state index is 15.4. The largest absolute Gasteiger partial charge is 0.464 e. The summed E-state index contributed by atoms with van der Waals surface area (Å²) in [6.07, 6.45) is 11.3. The second-order valence-electron chi connectivity index (χ2n) is 26.9. The molecule has 17 nitrogen and oxygen atoms in total. The summed E-state index contributed by atoms with van der Waals surface area (Å²) in [5, 5.41) is 8.69. The molecule has 1 aliphatic carbocycles. The van der Waals surface area contributed by atoms with Gasteiger partial charge in [-0.15, -0.1) is 11.3 Å². The molecule has 6 atom stereocenters. The van der Waals surface area contributed by atoms with Crippen LogP contribution in [0.5, 0.6) is 0 Å². The van der Waals surface area contributed by atoms with Crippen LogP contribution in [-0.4, -0.2) is 163 Å². The van der Waals surface area contributed by atoms with Gasteiger partial charge >= 0.3 is 5.97 Å². The lowest BCUT2D eigenvalue weighted by molar-refractivity contribution is -0.186. The molecule has 0 radical (unpaired) electrons. The maximum Gasteiger partial charge on any atom is 0.324 e. The molecular weight excluding hydrogens is 1030 g/mol. The van der Waals surface area contributed by atoms with Gasteiger partial charge in [-0.2, -0.15) is 0 Å². The summed E-state index contributed by atoms with van der Waals surface area (Å²) >= 11 is 1.52. The molecule has 1 spiro atoms. The van der Waals surface area contributed by atoms with Crippen molar-refractivity contribution in [3.8, 4) is 22.5 Å². The standard InChI is InChI=1S/C62H86N8O9S/c1-38(74-8)50-45(28-41(31-63-50)39-16-21-67(22-17-39)42-13-14-42)52-46-30-59(2,3)35-78-58(73)47-11-9-20-70(66-47)57(72)51(65-55(71)54-60(4,5)36-77-54)53(68-33-62(34-68)19-10-24-75-37-62)56-64-48(32-80-56)40-12-15-49(44(46)27-40)69(52)23-26-76-43-18-25-79-61(6,7)29-43/h12,15,27-28,31-32,38-39,42-43,47,51,53-54,66H,9-11,13-14,16-26,29-30,33-37H2,1-8H3,(H,65,71)/t38-,43-,47-,51-,53-,54-/m0/s1. The Bertz CT molecular complexity index is 2930. The van der Waals surface area contributed by atoms with Gasteiger partial charge in [0.25, 0.3) is 5.91 Å². The first-order valence-electron chi connectivity index (χ1n) is 30.0. The number of methoxy groups -OCH3 is 1. The van der Waals surface area contributed by atoms with Gasteiger partial charge < -0.3 is 43.2 Å². The van der Waals surface area contributed by atoms with Crippen LogP contribution in [0.4, 0.5) is 0 Å². The first-order chi connectivity index (χ1) is 38.4. The summed E-state index contributed by atoms with van der Waals surface area (Å²) < 4.78 is 39.9. The molecular formula is C62H86N8O9S. The van der Waals surface area contributed by atoms with Gasteiger partial charge in [0.15, 0.2) is 0 Å². The van der Waals surface area contributed by atoms with Crippen molar-refractivity contribution in [3.63, 3.8) is 0 Å². The van der Waals surface area contributed by atoms with Crippen LogP contribution >= 0.6 is 11.3 Å². The molecule has 434 valence electrons. The molecule has 1 aromatic carbocycles. The van der Waals surface area contributed by atoms with E-state index >= 15 is 4.79 Å². The van der Waals surface area contributed by atoms with Crippen LogP contribution in [0.1, 0.15) is 153 Å². The highest BCUT2D eigenvalue weighted by Crippen LogP contribution is 2.48. The van der Waals surface area contributed by atoms with E-state index in [0.29, 0.717) is 77.8 Å². The normalized spacial score (nSPS) is 28.6. The van der Waals surface area contributed by atoms with Crippen LogP contribution in [0.15, 0.2) is 35.8 Å². The predicted molar refractivity (Wildman–Crippen MR) is 306 cm³/mol. The van der Waals surface area contributed by atoms with Gasteiger partial charge in [0.05, 0.1) is 67.4 Å². The number of carbonyl (C=O) groups excluding carboxylic acids is 3. The molecule has 80 heavy (non-hydrogen) atoms. The molecule has 10 heterocycles. The number of nitrogens with one attached hydrogen (secondary N) is 2. The van der Waals surface area contributed by atoms with Gasteiger partial charge in [0.2, 0.25) is 5.91 Å². The Morgan fingerprint density at radius 2 is 1.76 bits per heavy atom. The molecule has 12 rings (SSSR count). The number of pyridine rings is 1. The Labute approximate surface area is 476 Å². The number of piperidine rings is 1. The van der Waals surface area contributed by atoms with E-state index in [0.717, 1.165) is 114 Å². The number of hydrogen-bond donors (Lipinski definition) is 2. The zero-order chi connectivity index (χ0) is 55.7. The number of rotatable bonds is 12. The first-order valence-corrected chi connectivity index (χ1v) is 30.9. The molecule has 7 fully saturated rings.